The van der Waals surface area contributed by atoms with Crippen molar-refractivity contribution >= 4 is 38.6 Å². The van der Waals surface area contributed by atoms with E-state index in [1.54, 1.807) is 6.07 Å². The summed E-state index contributed by atoms with van der Waals surface area (Å²) in [5.74, 6) is -0.153. The molecule has 2 aromatic carbocycles. The lowest BCUT2D eigenvalue weighted by molar-refractivity contribution is -0.159. The first-order valence-electron chi connectivity index (χ1n) is 11.2. The summed E-state index contributed by atoms with van der Waals surface area (Å²) in [5.41, 5.74) is 7.90. The molecule has 0 atom stereocenters. The van der Waals surface area contributed by atoms with Crippen molar-refractivity contribution in [2.24, 2.45) is 5.41 Å². The number of thiazole rings is 1. The topological polar surface area (TPSA) is 85.5 Å². The molecule has 2 N–H and O–H groups in total. The number of hydrogen-bond donors (Lipinski definition) is 1. The average molecular weight is 452 g/mol. The number of fused-ring (bicyclic) bond motifs is 1. The second-order valence-corrected chi connectivity index (χ2v) is 9.43. The van der Waals surface area contributed by atoms with Gasteiger partial charge in [-0.3, -0.25) is 9.59 Å². The van der Waals surface area contributed by atoms with Crippen LogP contribution in [0.25, 0.3) is 10.2 Å². The van der Waals surface area contributed by atoms with E-state index in [1.807, 2.05) is 42.2 Å². The van der Waals surface area contributed by atoms with Crippen molar-refractivity contribution in [1.82, 2.24) is 9.88 Å². The number of piperidine rings is 1. The SMILES string of the molecule is CCOC(=O)C1(CCCc2ccccc2)CCN(C(=O)c2ccc3sc(N)nc3c2)CC1. The summed E-state index contributed by atoms with van der Waals surface area (Å²) in [5, 5.41) is 0.497. The highest BCUT2D eigenvalue weighted by atomic mass is 32.1. The predicted octanol–water partition coefficient (Wildman–Crippen LogP) is 4.69. The van der Waals surface area contributed by atoms with Crippen LogP contribution in [0, 0.1) is 5.41 Å². The Morgan fingerprint density at radius 3 is 2.62 bits per heavy atom. The van der Waals surface area contributed by atoms with Crippen LogP contribution >= 0.6 is 11.3 Å². The van der Waals surface area contributed by atoms with Gasteiger partial charge in [-0.05, 0) is 62.8 Å². The normalized spacial score (nSPS) is 15.6. The van der Waals surface area contributed by atoms with E-state index in [4.69, 9.17) is 10.5 Å². The predicted molar refractivity (Wildman–Crippen MR) is 128 cm³/mol. The van der Waals surface area contributed by atoms with E-state index in [-0.39, 0.29) is 11.9 Å². The summed E-state index contributed by atoms with van der Waals surface area (Å²) in [6, 6.07) is 15.9. The molecule has 7 heteroatoms. The van der Waals surface area contributed by atoms with Crippen molar-refractivity contribution < 1.29 is 14.3 Å². The molecule has 0 bridgehead atoms. The molecule has 0 unspecified atom stereocenters. The van der Waals surface area contributed by atoms with E-state index in [0.29, 0.717) is 43.2 Å². The average Bonchev–Trinajstić information content (AvgIpc) is 3.19. The van der Waals surface area contributed by atoms with Gasteiger partial charge in [0.1, 0.15) is 0 Å². The molecule has 168 valence electrons. The first kappa shape index (κ1) is 22.3. The molecule has 0 saturated carbocycles. The molecule has 0 radical (unpaired) electrons. The van der Waals surface area contributed by atoms with Crippen molar-refractivity contribution in [2.45, 2.75) is 39.0 Å². The molecule has 0 aliphatic carbocycles. The van der Waals surface area contributed by atoms with Crippen LogP contribution < -0.4 is 5.73 Å². The van der Waals surface area contributed by atoms with E-state index in [1.165, 1.54) is 16.9 Å². The fraction of sp³-hybridized carbons (Fsp3) is 0.400. The van der Waals surface area contributed by atoms with Crippen molar-refractivity contribution in [1.29, 1.82) is 0 Å². The Hall–Kier alpha value is -2.93. The second-order valence-electron chi connectivity index (χ2n) is 8.37. The number of amides is 1. The van der Waals surface area contributed by atoms with E-state index >= 15 is 0 Å². The number of aromatic nitrogens is 1. The molecule has 1 aliphatic rings. The van der Waals surface area contributed by atoms with Crippen LogP contribution in [0.15, 0.2) is 48.5 Å². The number of anilines is 1. The summed E-state index contributed by atoms with van der Waals surface area (Å²) in [6.45, 7) is 3.30. The van der Waals surface area contributed by atoms with Crippen LogP contribution in [0.5, 0.6) is 0 Å². The molecule has 1 aromatic heterocycles. The maximum Gasteiger partial charge on any atom is 0.312 e. The van der Waals surface area contributed by atoms with E-state index in [9.17, 15) is 9.59 Å². The molecule has 4 rings (SSSR count). The third-order valence-electron chi connectivity index (χ3n) is 6.33. The third-order valence-corrected chi connectivity index (χ3v) is 7.20. The van der Waals surface area contributed by atoms with Gasteiger partial charge in [-0.1, -0.05) is 41.7 Å². The molecule has 3 aromatic rings. The van der Waals surface area contributed by atoms with Crippen molar-refractivity contribution in [3.05, 3.63) is 59.7 Å². The highest BCUT2D eigenvalue weighted by Crippen LogP contribution is 2.38. The van der Waals surface area contributed by atoms with Gasteiger partial charge in [-0.2, -0.15) is 0 Å². The Bertz CT molecular complexity index is 1090. The Morgan fingerprint density at radius 1 is 1.16 bits per heavy atom. The fourth-order valence-electron chi connectivity index (χ4n) is 4.51. The highest BCUT2D eigenvalue weighted by Gasteiger charge is 2.43. The largest absolute Gasteiger partial charge is 0.466 e. The number of nitrogens with two attached hydrogens (primary N) is 1. The second kappa shape index (κ2) is 9.69. The smallest absolute Gasteiger partial charge is 0.312 e. The van der Waals surface area contributed by atoms with Crippen molar-refractivity contribution in [3.63, 3.8) is 0 Å². The molecule has 0 spiro atoms. The Kier molecular flexibility index (Phi) is 6.74. The first-order valence-corrected chi connectivity index (χ1v) is 12.0. The fourth-order valence-corrected chi connectivity index (χ4v) is 5.23. The summed E-state index contributed by atoms with van der Waals surface area (Å²) in [4.78, 5) is 32.2. The quantitative estimate of drug-likeness (QED) is 0.527. The summed E-state index contributed by atoms with van der Waals surface area (Å²) < 4.78 is 6.43. The first-order chi connectivity index (χ1) is 15.5. The van der Waals surface area contributed by atoms with Gasteiger partial charge in [0, 0.05) is 18.7 Å². The van der Waals surface area contributed by atoms with Gasteiger partial charge in [-0.15, -0.1) is 0 Å². The number of rotatable bonds is 7. The number of nitrogen functional groups attached to an aromatic ring is 1. The molecular weight excluding hydrogens is 422 g/mol. The Labute approximate surface area is 192 Å². The number of nitrogens with zero attached hydrogens (tertiary/aromatic N) is 2. The highest BCUT2D eigenvalue weighted by molar-refractivity contribution is 7.22. The van der Waals surface area contributed by atoms with Gasteiger partial charge >= 0.3 is 5.97 Å². The van der Waals surface area contributed by atoms with Crippen LogP contribution in [0.1, 0.15) is 48.5 Å². The summed E-state index contributed by atoms with van der Waals surface area (Å²) in [7, 11) is 0. The zero-order valence-corrected chi connectivity index (χ0v) is 19.2. The maximum atomic E-state index is 13.1. The zero-order chi connectivity index (χ0) is 22.6. The minimum atomic E-state index is -0.519. The lowest BCUT2D eigenvalue weighted by Crippen LogP contribution is -2.47. The van der Waals surface area contributed by atoms with Gasteiger partial charge in [0.25, 0.3) is 5.91 Å². The van der Waals surface area contributed by atoms with Gasteiger partial charge in [0.05, 0.1) is 22.2 Å². The van der Waals surface area contributed by atoms with Crippen molar-refractivity contribution in [3.8, 4) is 0 Å². The van der Waals surface area contributed by atoms with Crippen LogP contribution in [-0.2, 0) is 16.0 Å². The van der Waals surface area contributed by atoms with Gasteiger partial charge < -0.3 is 15.4 Å². The monoisotopic (exact) mass is 451 g/mol. The van der Waals surface area contributed by atoms with Gasteiger partial charge in [0.2, 0.25) is 0 Å². The zero-order valence-electron chi connectivity index (χ0n) is 18.4. The number of benzene rings is 2. The summed E-state index contributed by atoms with van der Waals surface area (Å²) in [6.07, 6.45) is 3.86. The van der Waals surface area contributed by atoms with Crippen molar-refractivity contribution in [2.75, 3.05) is 25.4 Å². The van der Waals surface area contributed by atoms with Crippen LogP contribution in [0.4, 0.5) is 5.13 Å². The van der Waals surface area contributed by atoms with Gasteiger partial charge in [0.15, 0.2) is 5.13 Å². The third kappa shape index (κ3) is 4.78. The number of hydrogen-bond acceptors (Lipinski definition) is 6. The molecule has 1 fully saturated rings. The van der Waals surface area contributed by atoms with Gasteiger partial charge in [-0.25, -0.2) is 4.98 Å². The molecular formula is C25H29N3O3S. The summed E-state index contributed by atoms with van der Waals surface area (Å²) >= 11 is 1.41. The van der Waals surface area contributed by atoms with E-state index in [2.05, 4.69) is 17.1 Å². The number of ether oxygens (including phenoxy) is 1. The van der Waals surface area contributed by atoms with Crippen LogP contribution in [0.3, 0.4) is 0 Å². The Balaban J connectivity index is 1.42. The van der Waals surface area contributed by atoms with E-state index in [0.717, 1.165) is 29.5 Å². The number of likely N-dealkylation sites (tertiary alicyclic amines) is 1. The molecule has 1 saturated heterocycles. The van der Waals surface area contributed by atoms with Crippen LogP contribution in [-0.4, -0.2) is 41.5 Å². The molecule has 2 heterocycles. The number of carbonyl (C=O) groups is 2. The lowest BCUT2D eigenvalue weighted by Gasteiger charge is -2.40. The maximum absolute atomic E-state index is 13.1. The standard InChI is InChI=1S/C25H29N3O3S/c1-2-31-23(30)25(12-6-9-18-7-4-3-5-8-18)13-15-28(16-14-25)22(29)19-10-11-21-20(17-19)27-24(26)32-21/h3-5,7-8,10-11,17H,2,6,9,12-16H2,1H3,(H2,26,27). The molecule has 6 nitrogen and oxygen atoms in total. The lowest BCUT2D eigenvalue weighted by atomic mass is 9.74. The number of esters is 1. The minimum absolute atomic E-state index is 0.0276. The molecule has 32 heavy (non-hydrogen) atoms. The van der Waals surface area contributed by atoms with E-state index < -0.39 is 5.41 Å². The van der Waals surface area contributed by atoms with Crippen LogP contribution in [0.2, 0.25) is 0 Å². The minimum Gasteiger partial charge on any atom is -0.466 e. The Morgan fingerprint density at radius 2 is 1.91 bits per heavy atom. The molecule has 1 amide bonds. The number of aryl methyl sites for hydroxylation is 1. The molecule has 1 aliphatic heterocycles. The number of carbonyl (C=O) groups excluding carboxylic acids is 2.